The first-order valence-corrected chi connectivity index (χ1v) is 6.03. The lowest BCUT2D eigenvalue weighted by Crippen LogP contribution is -2.33. The van der Waals surface area contributed by atoms with Gasteiger partial charge < -0.3 is 11.1 Å². The van der Waals surface area contributed by atoms with E-state index in [4.69, 9.17) is 5.73 Å². The van der Waals surface area contributed by atoms with Crippen molar-refractivity contribution >= 4 is 11.3 Å². The number of hydrogen-bond donors (Lipinski definition) is 2. The van der Waals surface area contributed by atoms with Crippen molar-refractivity contribution in [3.63, 3.8) is 0 Å². The number of nitrogens with one attached hydrogen (secondary N) is 1. The van der Waals surface area contributed by atoms with Gasteiger partial charge >= 0.3 is 0 Å². The Labute approximate surface area is 88.7 Å². The van der Waals surface area contributed by atoms with Crippen molar-refractivity contribution in [2.45, 2.75) is 25.8 Å². The third kappa shape index (κ3) is 2.13. The molecule has 1 aromatic rings. The molecular formula is C10H17N3S. The molecule has 0 aromatic carbocycles. The van der Waals surface area contributed by atoms with Crippen LogP contribution in [0.25, 0.3) is 0 Å². The highest BCUT2D eigenvalue weighted by Gasteiger charge is 2.23. The second kappa shape index (κ2) is 4.38. The third-order valence-electron chi connectivity index (χ3n) is 2.81. The summed E-state index contributed by atoms with van der Waals surface area (Å²) in [5, 5.41) is 6.54. The molecule has 1 saturated heterocycles. The average molecular weight is 211 g/mol. The monoisotopic (exact) mass is 211 g/mol. The molecule has 1 aromatic heterocycles. The van der Waals surface area contributed by atoms with Crippen LogP contribution in [0.15, 0.2) is 5.38 Å². The lowest BCUT2D eigenvalue weighted by atomic mass is 9.91. The van der Waals surface area contributed by atoms with E-state index >= 15 is 0 Å². The van der Waals surface area contributed by atoms with Gasteiger partial charge in [0, 0.05) is 11.1 Å². The summed E-state index contributed by atoms with van der Waals surface area (Å²) in [6.45, 7) is 4.22. The minimum absolute atomic E-state index is 0.149. The van der Waals surface area contributed by atoms with Gasteiger partial charge in [0.25, 0.3) is 0 Å². The quantitative estimate of drug-likeness (QED) is 0.778. The van der Waals surface area contributed by atoms with Gasteiger partial charge in [-0.15, -0.1) is 11.3 Å². The van der Waals surface area contributed by atoms with Crippen molar-refractivity contribution in [1.82, 2.24) is 10.3 Å². The van der Waals surface area contributed by atoms with Gasteiger partial charge in [0.2, 0.25) is 0 Å². The molecule has 0 amide bonds. The summed E-state index contributed by atoms with van der Waals surface area (Å²) in [5.41, 5.74) is 7.30. The van der Waals surface area contributed by atoms with Crippen LogP contribution in [-0.2, 0) is 0 Å². The van der Waals surface area contributed by atoms with Crippen LogP contribution in [0.3, 0.4) is 0 Å². The number of aromatic nitrogens is 1. The van der Waals surface area contributed by atoms with E-state index in [0.717, 1.165) is 23.8 Å². The maximum atomic E-state index is 6.20. The molecule has 3 N–H and O–H groups in total. The Morgan fingerprint density at radius 1 is 1.57 bits per heavy atom. The van der Waals surface area contributed by atoms with Crippen molar-refractivity contribution < 1.29 is 0 Å². The molecule has 1 atom stereocenters. The SMILES string of the molecule is Cc1csc(C(N)C2CCNCC2)n1. The van der Waals surface area contributed by atoms with Crippen LogP contribution in [0.5, 0.6) is 0 Å². The summed E-state index contributed by atoms with van der Waals surface area (Å²) in [7, 11) is 0. The summed E-state index contributed by atoms with van der Waals surface area (Å²) >= 11 is 1.69. The molecule has 0 aliphatic carbocycles. The minimum Gasteiger partial charge on any atom is -0.322 e. The highest BCUT2D eigenvalue weighted by atomic mass is 32.1. The smallest absolute Gasteiger partial charge is 0.110 e. The highest BCUT2D eigenvalue weighted by Crippen LogP contribution is 2.28. The van der Waals surface area contributed by atoms with Crippen LogP contribution in [-0.4, -0.2) is 18.1 Å². The summed E-state index contributed by atoms with van der Waals surface area (Å²) in [6, 6.07) is 0.149. The highest BCUT2D eigenvalue weighted by molar-refractivity contribution is 7.09. The lowest BCUT2D eigenvalue weighted by Gasteiger charge is -2.26. The van der Waals surface area contributed by atoms with Crippen LogP contribution >= 0.6 is 11.3 Å². The number of aryl methyl sites for hydroxylation is 1. The molecule has 1 aliphatic rings. The van der Waals surface area contributed by atoms with Crippen molar-refractivity contribution in [1.29, 1.82) is 0 Å². The van der Waals surface area contributed by atoms with Gasteiger partial charge in [0.15, 0.2) is 0 Å². The molecule has 4 heteroatoms. The topological polar surface area (TPSA) is 50.9 Å². The first-order valence-electron chi connectivity index (χ1n) is 5.15. The molecule has 78 valence electrons. The first-order chi connectivity index (χ1) is 6.77. The fourth-order valence-electron chi connectivity index (χ4n) is 1.93. The molecule has 0 spiro atoms. The molecule has 3 nitrogen and oxygen atoms in total. The molecule has 1 fully saturated rings. The Morgan fingerprint density at radius 3 is 2.86 bits per heavy atom. The van der Waals surface area contributed by atoms with Gasteiger partial charge in [-0.25, -0.2) is 4.98 Å². The number of thiazole rings is 1. The van der Waals surface area contributed by atoms with Crippen LogP contribution in [0.4, 0.5) is 0 Å². The molecule has 0 radical (unpaired) electrons. The fourth-order valence-corrected chi connectivity index (χ4v) is 2.82. The molecule has 0 saturated carbocycles. The average Bonchev–Trinajstić information content (AvgIpc) is 2.65. The molecule has 1 unspecified atom stereocenters. The zero-order valence-electron chi connectivity index (χ0n) is 8.49. The number of piperidine rings is 1. The zero-order chi connectivity index (χ0) is 9.97. The number of nitrogens with zero attached hydrogens (tertiary/aromatic N) is 1. The summed E-state index contributed by atoms with van der Waals surface area (Å²) in [6.07, 6.45) is 2.36. The maximum absolute atomic E-state index is 6.20. The van der Waals surface area contributed by atoms with Crippen molar-refractivity contribution in [2.24, 2.45) is 11.7 Å². The maximum Gasteiger partial charge on any atom is 0.110 e. The van der Waals surface area contributed by atoms with Gasteiger partial charge in [0.1, 0.15) is 5.01 Å². The molecule has 2 heterocycles. The second-order valence-corrected chi connectivity index (χ2v) is 4.83. The van der Waals surface area contributed by atoms with E-state index in [2.05, 4.69) is 15.7 Å². The van der Waals surface area contributed by atoms with Crippen molar-refractivity contribution in [3.05, 3.63) is 16.1 Å². The number of hydrogen-bond acceptors (Lipinski definition) is 4. The summed E-state index contributed by atoms with van der Waals surface area (Å²) < 4.78 is 0. The van der Waals surface area contributed by atoms with Gasteiger partial charge in [0.05, 0.1) is 6.04 Å². The van der Waals surface area contributed by atoms with Crippen LogP contribution < -0.4 is 11.1 Å². The Morgan fingerprint density at radius 2 is 2.29 bits per heavy atom. The van der Waals surface area contributed by atoms with E-state index in [0.29, 0.717) is 5.92 Å². The molecule has 2 rings (SSSR count). The van der Waals surface area contributed by atoms with Crippen LogP contribution in [0.1, 0.15) is 29.6 Å². The normalized spacial score (nSPS) is 21.0. The van der Waals surface area contributed by atoms with E-state index in [-0.39, 0.29) is 6.04 Å². The second-order valence-electron chi connectivity index (χ2n) is 3.94. The fraction of sp³-hybridized carbons (Fsp3) is 0.700. The predicted molar refractivity (Wildman–Crippen MR) is 59.4 cm³/mol. The summed E-state index contributed by atoms with van der Waals surface area (Å²) in [4.78, 5) is 4.46. The van der Waals surface area contributed by atoms with Crippen LogP contribution in [0.2, 0.25) is 0 Å². The predicted octanol–water partition coefficient (Wildman–Crippen LogP) is 1.45. The standard InChI is InChI=1S/C10H17N3S/c1-7-6-14-10(13-7)9(11)8-2-4-12-5-3-8/h6,8-9,12H,2-5,11H2,1H3. The van der Waals surface area contributed by atoms with E-state index in [1.807, 2.05) is 6.92 Å². The molecular weight excluding hydrogens is 194 g/mol. The number of rotatable bonds is 2. The zero-order valence-corrected chi connectivity index (χ0v) is 9.31. The van der Waals surface area contributed by atoms with Gasteiger partial charge in [-0.3, -0.25) is 0 Å². The Balaban J connectivity index is 2.03. The van der Waals surface area contributed by atoms with Crippen molar-refractivity contribution in [2.75, 3.05) is 13.1 Å². The molecule has 0 bridgehead atoms. The number of nitrogens with two attached hydrogens (primary N) is 1. The Hall–Kier alpha value is -0.450. The van der Waals surface area contributed by atoms with Gasteiger partial charge in [-0.05, 0) is 38.8 Å². The molecule has 14 heavy (non-hydrogen) atoms. The third-order valence-corrected chi connectivity index (χ3v) is 3.88. The lowest BCUT2D eigenvalue weighted by molar-refractivity contribution is 0.321. The van der Waals surface area contributed by atoms with E-state index in [1.54, 1.807) is 11.3 Å². The van der Waals surface area contributed by atoms with Gasteiger partial charge in [-0.2, -0.15) is 0 Å². The Kier molecular flexibility index (Phi) is 3.15. The largest absolute Gasteiger partial charge is 0.322 e. The summed E-state index contributed by atoms with van der Waals surface area (Å²) in [5.74, 6) is 0.613. The molecule has 1 aliphatic heterocycles. The van der Waals surface area contributed by atoms with Crippen molar-refractivity contribution in [3.8, 4) is 0 Å². The minimum atomic E-state index is 0.149. The van der Waals surface area contributed by atoms with E-state index < -0.39 is 0 Å². The van der Waals surface area contributed by atoms with Gasteiger partial charge in [-0.1, -0.05) is 0 Å². The first kappa shape index (κ1) is 10.1. The van der Waals surface area contributed by atoms with Crippen LogP contribution in [0, 0.1) is 12.8 Å². The van der Waals surface area contributed by atoms with E-state index in [9.17, 15) is 0 Å². The van der Waals surface area contributed by atoms with E-state index in [1.165, 1.54) is 12.8 Å². The Bertz CT molecular complexity index is 291.